The molecule has 88 valence electrons. The van der Waals surface area contributed by atoms with Gasteiger partial charge < -0.3 is 9.64 Å². The number of thioether (sulfide) groups is 1. The molecule has 1 rings (SSSR count). The Kier molecular flexibility index (Phi) is 5.54. The number of nitrogens with zero attached hydrogens (tertiary/aromatic N) is 1. The molecule has 0 N–H and O–H groups in total. The Balaban J connectivity index is 2.47. The molecule has 0 fully saturated rings. The Morgan fingerprint density at radius 3 is 2.53 bits per heavy atom. The summed E-state index contributed by atoms with van der Waals surface area (Å²) in [5.41, 5.74) is 0. The molecule has 1 heterocycles. The standard InChI is InChI=1S/C12H23NOS/c1-5-12-10(4)15-9-11(14-12)8-13(6-2)7-3/h11H,5-9H2,1-4H3. The summed E-state index contributed by atoms with van der Waals surface area (Å²) < 4.78 is 6.00. The number of likely N-dealkylation sites (N-methyl/N-ethyl adjacent to an activating group) is 1. The fourth-order valence-electron chi connectivity index (χ4n) is 1.81. The number of hydrogen-bond donors (Lipinski definition) is 0. The number of allylic oxidation sites excluding steroid dienone is 2. The van der Waals surface area contributed by atoms with Crippen molar-refractivity contribution in [3.05, 3.63) is 10.7 Å². The van der Waals surface area contributed by atoms with Crippen LogP contribution in [0.1, 0.15) is 34.1 Å². The van der Waals surface area contributed by atoms with Crippen LogP contribution in [0.15, 0.2) is 10.7 Å². The van der Waals surface area contributed by atoms with Crippen molar-refractivity contribution in [2.45, 2.75) is 40.2 Å². The van der Waals surface area contributed by atoms with Crippen molar-refractivity contribution in [2.24, 2.45) is 0 Å². The van der Waals surface area contributed by atoms with E-state index < -0.39 is 0 Å². The van der Waals surface area contributed by atoms with Crippen LogP contribution in [0.4, 0.5) is 0 Å². The van der Waals surface area contributed by atoms with E-state index in [0.29, 0.717) is 6.10 Å². The summed E-state index contributed by atoms with van der Waals surface area (Å²) in [6.07, 6.45) is 1.40. The molecule has 0 saturated heterocycles. The van der Waals surface area contributed by atoms with Crippen molar-refractivity contribution >= 4 is 11.8 Å². The van der Waals surface area contributed by atoms with Crippen LogP contribution in [-0.2, 0) is 4.74 Å². The first-order valence-corrected chi connectivity index (χ1v) is 6.91. The topological polar surface area (TPSA) is 12.5 Å². The van der Waals surface area contributed by atoms with Gasteiger partial charge in [-0.2, -0.15) is 0 Å². The normalized spacial score (nSPS) is 22.1. The monoisotopic (exact) mass is 229 g/mol. The molecule has 1 aliphatic rings. The van der Waals surface area contributed by atoms with Gasteiger partial charge in [0.2, 0.25) is 0 Å². The van der Waals surface area contributed by atoms with Crippen LogP contribution >= 0.6 is 11.8 Å². The zero-order valence-electron chi connectivity index (χ0n) is 10.4. The van der Waals surface area contributed by atoms with E-state index in [-0.39, 0.29) is 0 Å². The fourth-order valence-corrected chi connectivity index (χ4v) is 2.77. The highest BCUT2D eigenvalue weighted by Gasteiger charge is 2.21. The first-order valence-electron chi connectivity index (χ1n) is 5.92. The lowest BCUT2D eigenvalue weighted by atomic mass is 10.3. The number of hydrogen-bond acceptors (Lipinski definition) is 3. The first-order chi connectivity index (χ1) is 7.21. The van der Waals surface area contributed by atoms with E-state index in [2.05, 4.69) is 32.6 Å². The van der Waals surface area contributed by atoms with Crippen LogP contribution in [0.5, 0.6) is 0 Å². The van der Waals surface area contributed by atoms with Gasteiger partial charge in [-0.05, 0) is 20.0 Å². The van der Waals surface area contributed by atoms with E-state index in [0.717, 1.165) is 31.8 Å². The van der Waals surface area contributed by atoms with Crippen molar-refractivity contribution in [1.82, 2.24) is 4.90 Å². The highest BCUT2D eigenvalue weighted by molar-refractivity contribution is 8.03. The molecule has 0 bridgehead atoms. The van der Waals surface area contributed by atoms with Gasteiger partial charge in [0, 0.05) is 23.6 Å². The lowest BCUT2D eigenvalue weighted by Gasteiger charge is -2.30. The van der Waals surface area contributed by atoms with Gasteiger partial charge in [0.05, 0.1) is 0 Å². The lowest BCUT2D eigenvalue weighted by Crippen LogP contribution is -2.36. The third-order valence-corrected chi connectivity index (χ3v) is 4.06. The van der Waals surface area contributed by atoms with Gasteiger partial charge in [0.15, 0.2) is 0 Å². The summed E-state index contributed by atoms with van der Waals surface area (Å²) in [6, 6.07) is 0. The van der Waals surface area contributed by atoms with Crippen molar-refractivity contribution in [3.8, 4) is 0 Å². The largest absolute Gasteiger partial charge is 0.492 e. The van der Waals surface area contributed by atoms with Crippen LogP contribution in [0, 0.1) is 0 Å². The molecule has 0 aliphatic carbocycles. The summed E-state index contributed by atoms with van der Waals surface area (Å²) in [5, 5.41) is 0. The molecule has 0 saturated carbocycles. The van der Waals surface area contributed by atoms with Crippen molar-refractivity contribution in [1.29, 1.82) is 0 Å². The fraction of sp³-hybridized carbons (Fsp3) is 0.833. The molecule has 0 aromatic carbocycles. The molecule has 0 amide bonds. The lowest BCUT2D eigenvalue weighted by molar-refractivity contribution is 0.0870. The molecular formula is C12H23NOS. The molecule has 3 heteroatoms. The Morgan fingerprint density at radius 2 is 2.00 bits per heavy atom. The van der Waals surface area contributed by atoms with E-state index in [1.54, 1.807) is 0 Å². The molecule has 0 radical (unpaired) electrons. The molecular weight excluding hydrogens is 206 g/mol. The molecule has 0 spiro atoms. The van der Waals surface area contributed by atoms with E-state index in [9.17, 15) is 0 Å². The maximum atomic E-state index is 6.00. The minimum absolute atomic E-state index is 0.383. The van der Waals surface area contributed by atoms with Crippen molar-refractivity contribution in [2.75, 3.05) is 25.4 Å². The third-order valence-electron chi connectivity index (χ3n) is 2.86. The van der Waals surface area contributed by atoms with Crippen molar-refractivity contribution in [3.63, 3.8) is 0 Å². The van der Waals surface area contributed by atoms with Crippen LogP contribution in [-0.4, -0.2) is 36.4 Å². The molecule has 1 aliphatic heterocycles. The molecule has 15 heavy (non-hydrogen) atoms. The molecule has 0 aromatic heterocycles. The third kappa shape index (κ3) is 3.72. The average molecular weight is 229 g/mol. The van der Waals surface area contributed by atoms with Crippen LogP contribution in [0.25, 0.3) is 0 Å². The highest BCUT2D eigenvalue weighted by Crippen LogP contribution is 2.30. The maximum absolute atomic E-state index is 6.00. The summed E-state index contributed by atoms with van der Waals surface area (Å²) in [5.74, 6) is 2.30. The second-order valence-electron chi connectivity index (χ2n) is 3.87. The van der Waals surface area contributed by atoms with E-state index in [4.69, 9.17) is 4.74 Å². The predicted molar refractivity (Wildman–Crippen MR) is 68.1 cm³/mol. The SMILES string of the molecule is CCC1=C(C)SCC(CN(CC)CC)O1. The minimum Gasteiger partial charge on any atom is -0.492 e. The molecule has 2 nitrogen and oxygen atoms in total. The zero-order valence-corrected chi connectivity index (χ0v) is 11.2. The van der Waals surface area contributed by atoms with Gasteiger partial charge in [-0.25, -0.2) is 0 Å². The summed E-state index contributed by atoms with van der Waals surface area (Å²) in [4.78, 5) is 3.80. The van der Waals surface area contributed by atoms with Gasteiger partial charge in [-0.3, -0.25) is 0 Å². The summed E-state index contributed by atoms with van der Waals surface area (Å²) >= 11 is 1.95. The van der Waals surface area contributed by atoms with E-state index in [1.807, 2.05) is 11.8 Å². The Bertz CT molecular complexity index is 224. The van der Waals surface area contributed by atoms with Crippen molar-refractivity contribution < 1.29 is 4.74 Å². The number of ether oxygens (including phenoxy) is 1. The second-order valence-corrected chi connectivity index (χ2v) is 5.10. The molecule has 0 aromatic rings. The maximum Gasteiger partial charge on any atom is 0.120 e. The second kappa shape index (κ2) is 6.44. The molecule has 1 unspecified atom stereocenters. The van der Waals surface area contributed by atoms with Crippen LogP contribution in [0.3, 0.4) is 0 Å². The Hall–Kier alpha value is -0.150. The smallest absolute Gasteiger partial charge is 0.120 e. The van der Waals surface area contributed by atoms with Gasteiger partial charge in [0.25, 0.3) is 0 Å². The molecule has 1 atom stereocenters. The predicted octanol–water partition coefficient (Wildman–Crippen LogP) is 3.10. The number of rotatable bonds is 5. The minimum atomic E-state index is 0.383. The van der Waals surface area contributed by atoms with E-state index in [1.165, 1.54) is 10.7 Å². The van der Waals surface area contributed by atoms with E-state index >= 15 is 0 Å². The van der Waals surface area contributed by atoms with Gasteiger partial charge in [0.1, 0.15) is 11.9 Å². The van der Waals surface area contributed by atoms with Gasteiger partial charge in [-0.1, -0.05) is 20.8 Å². The summed E-state index contributed by atoms with van der Waals surface area (Å²) in [6.45, 7) is 12.0. The quantitative estimate of drug-likeness (QED) is 0.719. The zero-order chi connectivity index (χ0) is 11.3. The Morgan fingerprint density at radius 1 is 1.33 bits per heavy atom. The van der Waals surface area contributed by atoms with Gasteiger partial charge >= 0.3 is 0 Å². The highest BCUT2D eigenvalue weighted by atomic mass is 32.2. The van der Waals surface area contributed by atoms with Gasteiger partial charge in [-0.15, -0.1) is 11.8 Å². The van der Waals surface area contributed by atoms with Crippen LogP contribution in [0.2, 0.25) is 0 Å². The van der Waals surface area contributed by atoms with Crippen LogP contribution < -0.4 is 0 Å². The summed E-state index contributed by atoms with van der Waals surface area (Å²) in [7, 11) is 0. The first kappa shape index (κ1) is 12.9. The average Bonchev–Trinajstić information content (AvgIpc) is 2.28. The Labute approximate surface area is 98.1 Å².